The fourth-order valence-corrected chi connectivity index (χ4v) is 3.64. The summed E-state index contributed by atoms with van der Waals surface area (Å²) in [6, 6.07) is 12.9. The van der Waals surface area contributed by atoms with E-state index in [4.69, 9.17) is 4.74 Å². The highest BCUT2D eigenvalue weighted by atomic mass is 32.1. The Morgan fingerprint density at radius 3 is 2.61 bits per heavy atom. The molecule has 2 aromatic carbocycles. The SMILES string of the molecule is COCC(NC(=O)c1csc(C)n1)C(=O)NCC(=O)NCc1cccc2ccccc12. The molecule has 162 valence electrons. The zero-order valence-electron chi connectivity index (χ0n) is 17.3. The Kier molecular flexibility index (Phi) is 7.69. The molecule has 8 nitrogen and oxygen atoms in total. The van der Waals surface area contributed by atoms with Gasteiger partial charge in [0.15, 0.2) is 0 Å². The van der Waals surface area contributed by atoms with Crippen LogP contribution in [0.25, 0.3) is 10.8 Å². The molecule has 0 aliphatic carbocycles. The average molecular weight is 441 g/mol. The first-order chi connectivity index (χ1) is 15.0. The van der Waals surface area contributed by atoms with Crippen molar-refractivity contribution < 1.29 is 19.1 Å². The van der Waals surface area contributed by atoms with Crippen LogP contribution in [0.5, 0.6) is 0 Å². The minimum atomic E-state index is -0.939. The van der Waals surface area contributed by atoms with Crippen LogP contribution in [-0.2, 0) is 20.9 Å². The first kappa shape index (κ1) is 22.4. The van der Waals surface area contributed by atoms with Crippen LogP contribution in [-0.4, -0.2) is 49.0 Å². The summed E-state index contributed by atoms with van der Waals surface area (Å²) in [4.78, 5) is 41.1. The van der Waals surface area contributed by atoms with Crippen LogP contribution in [0, 0.1) is 6.92 Å². The highest BCUT2D eigenvalue weighted by molar-refractivity contribution is 7.09. The number of aromatic nitrogens is 1. The van der Waals surface area contributed by atoms with Crippen LogP contribution in [0.1, 0.15) is 21.1 Å². The number of hydrogen-bond donors (Lipinski definition) is 3. The zero-order valence-corrected chi connectivity index (χ0v) is 18.1. The molecular formula is C22H24N4O4S. The van der Waals surface area contributed by atoms with Gasteiger partial charge in [-0.25, -0.2) is 4.98 Å². The van der Waals surface area contributed by atoms with Crippen LogP contribution in [0.15, 0.2) is 47.8 Å². The molecule has 0 aliphatic rings. The number of amides is 3. The van der Waals surface area contributed by atoms with Gasteiger partial charge in [-0.1, -0.05) is 42.5 Å². The Labute approximate surface area is 184 Å². The van der Waals surface area contributed by atoms with E-state index in [1.54, 1.807) is 12.3 Å². The molecule has 3 aromatic rings. The molecule has 0 saturated carbocycles. The third-order valence-corrected chi connectivity index (χ3v) is 5.36. The monoisotopic (exact) mass is 440 g/mol. The summed E-state index contributed by atoms with van der Waals surface area (Å²) in [5, 5.41) is 12.5. The minimum absolute atomic E-state index is 0.0294. The second-order valence-electron chi connectivity index (χ2n) is 6.87. The molecule has 0 radical (unpaired) electrons. The number of carbonyl (C=O) groups excluding carboxylic acids is 3. The summed E-state index contributed by atoms with van der Waals surface area (Å²) < 4.78 is 5.03. The maximum atomic E-state index is 12.5. The van der Waals surface area contributed by atoms with Crippen molar-refractivity contribution in [3.63, 3.8) is 0 Å². The molecule has 0 fully saturated rings. The van der Waals surface area contributed by atoms with E-state index in [9.17, 15) is 14.4 Å². The smallest absolute Gasteiger partial charge is 0.271 e. The summed E-state index contributed by atoms with van der Waals surface area (Å²) in [6.45, 7) is 1.89. The summed E-state index contributed by atoms with van der Waals surface area (Å²) in [7, 11) is 1.43. The molecule has 3 N–H and O–H groups in total. The van der Waals surface area contributed by atoms with Gasteiger partial charge in [-0.15, -0.1) is 11.3 Å². The predicted octanol–water partition coefficient (Wildman–Crippen LogP) is 1.78. The second kappa shape index (κ2) is 10.6. The summed E-state index contributed by atoms with van der Waals surface area (Å²) in [5.74, 6) is -1.32. The van der Waals surface area contributed by atoms with Crippen LogP contribution >= 0.6 is 11.3 Å². The van der Waals surface area contributed by atoms with E-state index in [1.165, 1.54) is 18.4 Å². The lowest BCUT2D eigenvalue weighted by Crippen LogP contribution is -2.51. The predicted molar refractivity (Wildman–Crippen MR) is 119 cm³/mol. The number of hydrogen-bond acceptors (Lipinski definition) is 6. The van der Waals surface area contributed by atoms with Gasteiger partial charge in [-0.2, -0.15) is 0 Å². The first-order valence-corrected chi connectivity index (χ1v) is 10.6. The van der Waals surface area contributed by atoms with Gasteiger partial charge in [0.1, 0.15) is 11.7 Å². The molecule has 31 heavy (non-hydrogen) atoms. The van der Waals surface area contributed by atoms with E-state index in [2.05, 4.69) is 20.9 Å². The number of aryl methyl sites for hydroxylation is 1. The van der Waals surface area contributed by atoms with Gasteiger partial charge in [-0.3, -0.25) is 14.4 Å². The standard InChI is InChI=1S/C22H24N4O4S/c1-14-25-19(13-31-14)22(29)26-18(12-30-2)21(28)24-11-20(27)23-10-16-8-5-7-15-6-3-4-9-17(15)16/h3-9,13,18H,10-12H2,1-2H3,(H,23,27)(H,24,28)(H,26,29). The molecule has 3 rings (SSSR count). The number of fused-ring (bicyclic) bond motifs is 1. The maximum Gasteiger partial charge on any atom is 0.271 e. The highest BCUT2D eigenvalue weighted by Gasteiger charge is 2.23. The van der Waals surface area contributed by atoms with Gasteiger partial charge in [0.05, 0.1) is 18.2 Å². The van der Waals surface area contributed by atoms with E-state index in [0.29, 0.717) is 6.54 Å². The summed E-state index contributed by atoms with van der Waals surface area (Å²) >= 11 is 1.34. The topological polar surface area (TPSA) is 109 Å². The molecule has 0 bridgehead atoms. The Hall–Kier alpha value is -3.30. The number of thiazole rings is 1. The number of nitrogens with zero attached hydrogens (tertiary/aromatic N) is 1. The number of benzene rings is 2. The van der Waals surface area contributed by atoms with Gasteiger partial charge in [0.25, 0.3) is 5.91 Å². The Morgan fingerprint density at radius 1 is 1.10 bits per heavy atom. The molecule has 0 saturated heterocycles. The summed E-state index contributed by atoms with van der Waals surface area (Å²) in [5.41, 5.74) is 1.23. The van der Waals surface area contributed by atoms with Crippen LogP contribution in [0.3, 0.4) is 0 Å². The number of ether oxygens (including phenoxy) is 1. The number of rotatable bonds is 9. The van der Waals surface area contributed by atoms with Crippen molar-refractivity contribution in [1.29, 1.82) is 0 Å². The van der Waals surface area contributed by atoms with Crippen molar-refractivity contribution >= 4 is 39.8 Å². The molecule has 9 heteroatoms. The van der Waals surface area contributed by atoms with Crippen molar-refractivity contribution in [2.24, 2.45) is 0 Å². The molecule has 1 unspecified atom stereocenters. The largest absolute Gasteiger partial charge is 0.382 e. The highest BCUT2D eigenvalue weighted by Crippen LogP contribution is 2.18. The van der Waals surface area contributed by atoms with Crippen molar-refractivity contribution in [2.75, 3.05) is 20.3 Å². The van der Waals surface area contributed by atoms with Gasteiger partial charge < -0.3 is 20.7 Å². The average Bonchev–Trinajstić information content (AvgIpc) is 3.22. The Balaban J connectivity index is 1.51. The minimum Gasteiger partial charge on any atom is -0.382 e. The third-order valence-electron chi connectivity index (χ3n) is 4.59. The van der Waals surface area contributed by atoms with Crippen molar-refractivity contribution in [2.45, 2.75) is 19.5 Å². The first-order valence-electron chi connectivity index (χ1n) is 9.71. The Morgan fingerprint density at radius 2 is 1.87 bits per heavy atom. The van der Waals surface area contributed by atoms with Crippen LogP contribution < -0.4 is 16.0 Å². The molecular weight excluding hydrogens is 416 g/mol. The Bertz CT molecular complexity index is 1080. The molecule has 0 spiro atoms. The molecule has 1 atom stereocenters. The van der Waals surface area contributed by atoms with Gasteiger partial charge in [0.2, 0.25) is 11.8 Å². The fraction of sp³-hybridized carbons (Fsp3) is 0.273. The van der Waals surface area contributed by atoms with E-state index in [0.717, 1.165) is 21.3 Å². The van der Waals surface area contributed by atoms with Gasteiger partial charge >= 0.3 is 0 Å². The lowest BCUT2D eigenvalue weighted by atomic mass is 10.0. The van der Waals surface area contributed by atoms with Gasteiger partial charge in [0, 0.05) is 19.0 Å². The quantitative estimate of drug-likeness (QED) is 0.470. The maximum absolute atomic E-state index is 12.5. The van der Waals surface area contributed by atoms with E-state index in [-0.39, 0.29) is 24.8 Å². The number of carbonyl (C=O) groups is 3. The van der Waals surface area contributed by atoms with Gasteiger partial charge in [-0.05, 0) is 23.3 Å². The summed E-state index contributed by atoms with van der Waals surface area (Å²) in [6.07, 6.45) is 0. The third kappa shape index (κ3) is 6.09. The van der Waals surface area contributed by atoms with Crippen molar-refractivity contribution in [3.05, 3.63) is 64.1 Å². The molecule has 0 aliphatic heterocycles. The number of methoxy groups -OCH3 is 1. The van der Waals surface area contributed by atoms with Crippen LogP contribution in [0.2, 0.25) is 0 Å². The fourth-order valence-electron chi connectivity index (χ4n) is 3.04. The molecule has 1 aromatic heterocycles. The number of nitrogens with one attached hydrogen (secondary N) is 3. The van der Waals surface area contributed by atoms with E-state index in [1.807, 2.05) is 42.5 Å². The normalized spacial score (nSPS) is 11.7. The second-order valence-corrected chi connectivity index (χ2v) is 7.93. The van der Waals surface area contributed by atoms with E-state index >= 15 is 0 Å². The van der Waals surface area contributed by atoms with Crippen LogP contribution in [0.4, 0.5) is 0 Å². The van der Waals surface area contributed by atoms with E-state index < -0.39 is 17.9 Å². The zero-order chi connectivity index (χ0) is 22.2. The molecule has 3 amide bonds. The lowest BCUT2D eigenvalue weighted by molar-refractivity contribution is -0.128. The lowest BCUT2D eigenvalue weighted by Gasteiger charge is -2.17. The molecule has 1 heterocycles. The van der Waals surface area contributed by atoms with Crippen molar-refractivity contribution in [1.82, 2.24) is 20.9 Å². The van der Waals surface area contributed by atoms with Crippen molar-refractivity contribution in [3.8, 4) is 0 Å².